The van der Waals surface area contributed by atoms with Gasteiger partial charge in [0.25, 0.3) is 5.91 Å². The number of piperidine rings is 1. The number of aryl methyl sites for hydroxylation is 2. The molecule has 1 aliphatic heterocycles. The lowest BCUT2D eigenvalue weighted by atomic mass is 9.80. The molecule has 1 fully saturated rings. The zero-order valence-corrected chi connectivity index (χ0v) is 19.6. The highest BCUT2D eigenvalue weighted by Gasteiger charge is 2.39. The average Bonchev–Trinajstić information content (AvgIpc) is 3.42. The Balaban J connectivity index is 1.37. The van der Waals surface area contributed by atoms with Gasteiger partial charge in [0.15, 0.2) is 0 Å². The number of imidazole rings is 1. The molecule has 1 atom stereocenters. The minimum atomic E-state index is -0.600. The molecule has 174 valence electrons. The largest absolute Gasteiger partial charge is 0.354 e. The third kappa shape index (κ3) is 5.32. The first-order chi connectivity index (χ1) is 15.8. The molecule has 33 heavy (non-hydrogen) atoms. The molecule has 4 rings (SSSR count). The molecule has 1 N–H and O–H groups in total. The van der Waals surface area contributed by atoms with Crippen LogP contribution in [-0.4, -0.2) is 55.7 Å². The van der Waals surface area contributed by atoms with Crippen molar-refractivity contribution in [2.75, 3.05) is 19.6 Å². The molecule has 8 heteroatoms. The van der Waals surface area contributed by atoms with Crippen LogP contribution in [0.3, 0.4) is 0 Å². The fourth-order valence-electron chi connectivity index (χ4n) is 4.56. The molecule has 0 aliphatic carbocycles. The quantitative estimate of drug-likeness (QED) is 0.602. The van der Waals surface area contributed by atoms with E-state index in [1.165, 1.54) is 0 Å². The van der Waals surface area contributed by atoms with Gasteiger partial charge in [-0.25, -0.2) is 4.98 Å². The van der Waals surface area contributed by atoms with Crippen LogP contribution in [0.2, 0.25) is 0 Å². The molecule has 8 nitrogen and oxygen atoms in total. The molecule has 1 saturated heterocycles. The number of rotatable bonds is 7. The van der Waals surface area contributed by atoms with Crippen molar-refractivity contribution in [3.8, 4) is 0 Å². The summed E-state index contributed by atoms with van der Waals surface area (Å²) in [5.41, 5.74) is 3.15. The zero-order valence-electron chi connectivity index (χ0n) is 19.6. The first-order valence-electron chi connectivity index (χ1n) is 11.5. The van der Waals surface area contributed by atoms with Crippen molar-refractivity contribution in [2.24, 2.45) is 5.41 Å². The standard InChI is InChI=1S/C25H32N6O2/c1-19-14-20(2)31(28-19)13-10-27-24(33)25(3)8-5-11-30(17-25)23(32)22-7-4-6-21(15-22)16-29-12-9-26-18-29/h4,6-7,9,12,14-15,18H,5,8,10-11,13,16-17H2,1-3H3,(H,27,33)/t25-/m0/s1. The van der Waals surface area contributed by atoms with Crippen molar-refractivity contribution >= 4 is 11.8 Å². The van der Waals surface area contributed by atoms with E-state index in [4.69, 9.17) is 0 Å². The Kier molecular flexibility index (Phi) is 6.62. The molecule has 3 heterocycles. The molecular formula is C25H32N6O2. The number of nitrogens with zero attached hydrogens (tertiary/aromatic N) is 5. The normalized spacial score (nSPS) is 18.3. The van der Waals surface area contributed by atoms with Crippen molar-refractivity contribution in [1.82, 2.24) is 29.5 Å². The fourth-order valence-corrected chi connectivity index (χ4v) is 4.56. The second kappa shape index (κ2) is 9.60. The summed E-state index contributed by atoms with van der Waals surface area (Å²) in [4.78, 5) is 32.2. The molecule has 3 aromatic rings. The highest BCUT2D eigenvalue weighted by molar-refractivity contribution is 5.95. The summed E-state index contributed by atoms with van der Waals surface area (Å²) in [6.45, 7) is 8.83. The highest BCUT2D eigenvalue weighted by atomic mass is 16.2. The number of carbonyl (C=O) groups excluding carboxylic acids is 2. The predicted octanol–water partition coefficient (Wildman–Crippen LogP) is 2.80. The topological polar surface area (TPSA) is 85.0 Å². The van der Waals surface area contributed by atoms with Crippen LogP contribution in [0, 0.1) is 19.3 Å². The minimum Gasteiger partial charge on any atom is -0.354 e. The molecule has 0 spiro atoms. The van der Waals surface area contributed by atoms with Gasteiger partial charge in [0, 0.05) is 49.8 Å². The third-order valence-electron chi connectivity index (χ3n) is 6.34. The number of aromatic nitrogens is 4. The van der Waals surface area contributed by atoms with E-state index in [1.54, 1.807) is 12.5 Å². The summed E-state index contributed by atoms with van der Waals surface area (Å²) in [7, 11) is 0. The van der Waals surface area contributed by atoms with Gasteiger partial charge in [0.2, 0.25) is 5.91 Å². The van der Waals surface area contributed by atoms with Gasteiger partial charge < -0.3 is 14.8 Å². The summed E-state index contributed by atoms with van der Waals surface area (Å²) < 4.78 is 3.88. The molecule has 1 aliphatic rings. The Morgan fingerprint density at radius 3 is 2.79 bits per heavy atom. The summed E-state index contributed by atoms with van der Waals surface area (Å²) in [5.74, 6) is -0.0285. The Labute approximate surface area is 194 Å². The Morgan fingerprint density at radius 1 is 1.21 bits per heavy atom. The number of likely N-dealkylation sites (tertiary alicyclic amines) is 1. The Morgan fingerprint density at radius 2 is 2.06 bits per heavy atom. The van der Waals surface area contributed by atoms with Crippen LogP contribution in [0.15, 0.2) is 49.1 Å². The van der Waals surface area contributed by atoms with Crippen molar-refractivity contribution < 1.29 is 9.59 Å². The second-order valence-electron chi connectivity index (χ2n) is 9.23. The lowest BCUT2D eigenvalue weighted by Crippen LogP contribution is -2.52. The molecule has 0 radical (unpaired) electrons. The van der Waals surface area contributed by atoms with Gasteiger partial charge in [-0.1, -0.05) is 12.1 Å². The van der Waals surface area contributed by atoms with E-state index in [9.17, 15) is 9.59 Å². The maximum atomic E-state index is 13.3. The van der Waals surface area contributed by atoms with Crippen LogP contribution in [0.25, 0.3) is 0 Å². The van der Waals surface area contributed by atoms with E-state index >= 15 is 0 Å². The highest BCUT2D eigenvalue weighted by Crippen LogP contribution is 2.30. The molecule has 0 bridgehead atoms. The van der Waals surface area contributed by atoms with Crippen molar-refractivity contribution in [1.29, 1.82) is 0 Å². The lowest BCUT2D eigenvalue weighted by Gasteiger charge is -2.39. The van der Waals surface area contributed by atoms with Crippen LogP contribution in [0.4, 0.5) is 0 Å². The van der Waals surface area contributed by atoms with E-state index in [0.29, 0.717) is 38.3 Å². The first-order valence-corrected chi connectivity index (χ1v) is 11.5. The SMILES string of the molecule is Cc1cc(C)n(CCNC(=O)[C@@]2(C)CCCN(C(=O)c3cccc(Cn4ccnc4)c3)C2)n1. The first kappa shape index (κ1) is 22.8. The van der Waals surface area contributed by atoms with E-state index in [0.717, 1.165) is 29.8 Å². The smallest absolute Gasteiger partial charge is 0.253 e. The summed E-state index contributed by atoms with van der Waals surface area (Å²) >= 11 is 0. The van der Waals surface area contributed by atoms with Crippen LogP contribution >= 0.6 is 0 Å². The number of hydrogen-bond donors (Lipinski definition) is 1. The third-order valence-corrected chi connectivity index (χ3v) is 6.34. The molecule has 1 aromatic carbocycles. The minimum absolute atomic E-state index is 0.00427. The van der Waals surface area contributed by atoms with E-state index in [-0.39, 0.29) is 11.8 Å². The summed E-state index contributed by atoms with van der Waals surface area (Å²) in [6.07, 6.45) is 6.98. The molecule has 0 unspecified atom stereocenters. The van der Waals surface area contributed by atoms with Gasteiger partial charge >= 0.3 is 0 Å². The van der Waals surface area contributed by atoms with Crippen LogP contribution < -0.4 is 5.32 Å². The van der Waals surface area contributed by atoms with Gasteiger partial charge in [-0.05, 0) is 57.4 Å². The molecular weight excluding hydrogens is 416 g/mol. The maximum absolute atomic E-state index is 13.3. The number of carbonyl (C=O) groups is 2. The lowest BCUT2D eigenvalue weighted by molar-refractivity contribution is -0.132. The maximum Gasteiger partial charge on any atom is 0.253 e. The molecule has 2 aromatic heterocycles. The molecule has 2 amide bonds. The van der Waals surface area contributed by atoms with E-state index in [2.05, 4.69) is 15.4 Å². The van der Waals surface area contributed by atoms with Crippen molar-refractivity contribution in [3.63, 3.8) is 0 Å². The number of amides is 2. The van der Waals surface area contributed by atoms with Crippen LogP contribution in [0.5, 0.6) is 0 Å². The Bertz CT molecular complexity index is 1120. The average molecular weight is 449 g/mol. The summed E-state index contributed by atoms with van der Waals surface area (Å²) in [6, 6.07) is 9.72. The number of benzene rings is 1. The molecule has 0 saturated carbocycles. The number of hydrogen-bond acceptors (Lipinski definition) is 4. The van der Waals surface area contributed by atoms with Gasteiger partial charge in [-0.3, -0.25) is 14.3 Å². The monoisotopic (exact) mass is 448 g/mol. The van der Waals surface area contributed by atoms with E-state index in [1.807, 2.05) is 71.4 Å². The van der Waals surface area contributed by atoms with E-state index < -0.39 is 5.41 Å². The predicted molar refractivity (Wildman–Crippen MR) is 126 cm³/mol. The van der Waals surface area contributed by atoms with Gasteiger partial charge in [-0.15, -0.1) is 0 Å². The van der Waals surface area contributed by atoms with Crippen LogP contribution in [-0.2, 0) is 17.9 Å². The van der Waals surface area contributed by atoms with Gasteiger partial charge in [-0.2, -0.15) is 5.10 Å². The zero-order chi connectivity index (χ0) is 23.4. The number of nitrogens with one attached hydrogen (secondary N) is 1. The second-order valence-corrected chi connectivity index (χ2v) is 9.23. The summed E-state index contributed by atoms with van der Waals surface area (Å²) in [5, 5.41) is 7.51. The van der Waals surface area contributed by atoms with Gasteiger partial charge in [0.1, 0.15) is 0 Å². The Hall–Kier alpha value is -3.42. The van der Waals surface area contributed by atoms with Crippen LogP contribution in [0.1, 0.15) is 47.1 Å². The van der Waals surface area contributed by atoms with Crippen molar-refractivity contribution in [2.45, 2.75) is 46.7 Å². The van der Waals surface area contributed by atoms with Gasteiger partial charge in [0.05, 0.1) is 24.0 Å². The van der Waals surface area contributed by atoms with Crippen molar-refractivity contribution in [3.05, 3.63) is 71.6 Å². The fraction of sp³-hybridized carbons (Fsp3) is 0.440.